The van der Waals surface area contributed by atoms with E-state index in [0.717, 1.165) is 9.87 Å². The highest BCUT2D eigenvalue weighted by atomic mass is 35.5. The summed E-state index contributed by atoms with van der Waals surface area (Å²) in [5, 5.41) is 3.48. The van der Waals surface area contributed by atoms with E-state index in [9.17, 15) is 18.0 Å². The number of amides is 2. The van der Waals surface area contributed by atoms with Gasteiger partial charge in [0.25, 0.3) is 10.0 Å². The predicted octanol–water partition coefficient (Wildman–Crippen LogP) is 6.36. The first-order valence-electron chi connectivity index (χ1n) is 14.5. The zero-order valence-corrected chi connectivity index (χ0v) is 27.4. The van der Waals surface area contributed by atoms with Crippen molar-refractivity contribution in [3.63, 3.8) is 0 Å². The molecule has 0 aliphatic rings. The largest absolute Gasteiger partial charge is 0.492 e. The Labute approximate surface area is 274 Å². The molecule has 0 saturated carbocycles. The number of para-hydroxylation sites is 2. The first kappa shape index (κ1) is 33.8. The summed E-state index contributed by atoms with van der Waals surface area (Å²) in [6.45, 7) is 3.57. The van der Waals surface area contributed by atoms with Crippen LogP contribution in [0.5, 0.6) is 5.75 Å². The third-order valence-corrected chi connectivity index (χ3v) is 9.52. The van der Waals surface area contributed by atoms with E-state index in [-0.39, 0.29) is 41.1 Å². The van der Waals surface area contributed by atoms with Crippen molar-refractivity contribution in [2.75, 3.05) is 24.0 Å². The van der Waals surface area contributed by atoms with Crippen LogP contribution >= 0.6 is 23.2 Å². The van der Waals surface area contributed by atoms with E-state index in [1.165, 1.54) is 17.0 Å². The van der Waals surface area contributed by atoms with Gasteiger partial charge in [0.2, 0.25) is 11.8 Å². The summed E-state index contributed by atoms with van der Waals surface area (Å²) >= 11 is 12.5. The summed E-state index contributed by atoms with van der Waals surface area (Å²) in [6, 6.07) is 27.8. The molecule has 1 N–H and O–H groups in total. The molecule has 0 radical (unpaired) electrons. The molecule has 4 aromatic rings. The lowest BCUT2D eigenvalue weighted by Gasteiger charge is -2.34. The molecule has 1 atom stereocenters. The Morgan fingerprint density at radius 1 is 0.822 bits per heavy atom. The maximum absolute atomic E-state index is 14.5. The van der Waals surface area contributed by atoms with E-state index in [0.29, 0.717) is 22.9 Å². The maximum atomic E-state index is 14.5. The number of anilines is 1. The highest BCUT2D eigenvalue weighted by molar-refractivity contribution is 7.92. The quantitative estimate of drug-likeness (QED) is 0.169. The topological polar surface area (TPSA) is 96.0 Å². The number of nitrogens with one attached hydrogen (secondary N) is 1. The third-order valence-electron chi connectivity index (χ3n) is 7.00. The molecule has 45 heavy (non-hydrogen) atoms. The van der Waals surface area contributed by atoms with Crippen molar-refractivity contribution < 1.29 is 22.7 Å². The van der Waals surface area contributed by atoms with Gasteiger partial charge in [0.15, 0.2) is 0 Å². The molecule has 8 nitrogen and oxygen atoms in total. The van der Waals surface area contributed by atoms with Gasteiger partial charge in [0, 0.05) is 19.5 Å². The number of ether oxygens (including phenoxy) is 1. The van der Waals surface area contributed by atoms with E-state index >= 15 is 0 Å². The van der Waals surface area contributed by atoms with E-state index < -0.39 is 28.5 Å². The van der Waals surface area contributed by atoms with Gasteiger partial charge in [-0.1, -0.05) is 89.9 Å². The Morgan fingerprint density at radius 2 is 1.47 bits per heavy atom. The normalized spacial score (nSPS) is 11.8. The molecule has 11 heteroatoms. The van der Waals surface area contributed by atoms with Crippen LogP contribution in [0.25, 0.3) is 0 Å². The minimum atomic E-state index is -4.26. The second-order valence-corrected chi connectivity index (χ2v) is 12.8. The second-order valence-electron chi connectivity index (χ2n) is 10.1. The zero-order valence-electron chi connectivity index (χ0n) is 25.0. The van der Waals surface area contributed by atoms with Crippen molar-refractivity contribution in [2.24, 2.45) is 0 Å². The van der Waals surface area contributed by atoms with Crippen LogP contribution in [0, 0.1) is 0 Å². The van der Waals surface area contributed by atoms with Crippen molar-refractivity contribution in [1.82, 2.24) is 10.2 Å². The summed E-state index contributed by atoms with van der Waals surface area (Å²) in [5.41, 5.74) is 1.65. The lowest BCUT2D eigenvalue weighted by atomic mass is 10.0. The number of carbonyl (C=O) groups is 2. The molecule has 0 spiro atoms. The van der Waals surface area contributed by atoms with Gasteiger partial charge in [0.1, 0.15) is 18.3 Å². The van der Waals surface area contributed by atoms with E-state index in [1.807, 2.05) is 30.3 Å². The molecule has 0 bridgehead atoms. The van der Waals surface area contributed by atoms with Crippen LogP contribution in [-0.2, 0) is 32.6 Å². The van der Waals surface area contributed by atoms with Crippen molar-refractivity contribution in [1.29, 1.82) is 0 Å². The van der Waals surface area contributed by atoms with Crippen LogP contribution in [-0.4, -0.2) is 50.9 Å². The van der Waals surface area contributed by atoms with Gasteiger partial charge in [-0.15, -0.1) is 0 Å². The standard InChI is InChI=1S/C34H35Cl2N3O5S/c1-3-37-34(41)31(22-25-13-7-5-8-14-25)38(23-26-19-20-28(35)29(36)21-26)33(40)24-39(30-17-11-12-18-32(30)44-4-2)45(42,43)27-15-9-6-10-16-27/h5-21,31H,3-4,22-24H2,1-2H3,(H,37,41)/t31-/m1/s1. The Morgan fingerprint density at radius 3 is 2.11 bits per heavy atom. The van der Waals surface area contributed by atoms with Crippen molar-refractivity contribution >= 4 is 50.7 Å². The number of nitrogens with zero attached hydrogens (tertiary/aromatic N) is 2. The number of carbonyl (C=O) groups excluding carboxylic acids is 2. The van der Waals surface area contributed by atoms with Crippen molar-refractivity contribution in [3.8, 4) is 5.75 Å². The number of halogens is 2. The van der Waals surface area contributed by atoms with Gasteiger partial charge in [-0.2, -0.15) is 0 Å². The van der Waals surface area contributed by atoms with Crippen LogP contribution in [0.15, 0.2) is 108 Å². The monoisotopic (exact) mass is 667 g/mol. The fourth-order valence-electron chi connectivity index (χ4n) is 4.85. The number of benzene rings is 4. The first-order chi connectivity index (χ1) is 21.6. The Balaban J connectivity index is 1.83. The molecule has 0 aromatic heterocycles. The summed E-state index contributed by atoms with van der Waals surface area (Å²) < 4.78 is 35.2. The van der Waals surface area contributed by atoms with Gasteiger partial charge in [-0.25, -0.2) is 8.42 Å². The highest BCUT2D eigenvalue weighted by Crippen LogP contribution is 2.33. The lowest BCUT2D eigenvalue weighted by Crippen LogP contribution is -2.53. The first-order valence-corrected chi connectivity index (χ1v) is 16.7. The van der Waals surface area contributed by atoms with Crippen LogP contribution in [0.3, 0.4) is 0 Å². The summed E-state index contributed by atoms with van der Waals surface area (Å²) in [6.07, 6.45) is 0.195. The van der Waals surface area contributed by atoms with Gasteiger partial charge >= 0.3 is 0 Å². The molecule has 4 rings (SSSR count). The van der Waals surface area contributed by atoms with Crippen molar-refractivity contribution in [2.45, 2.75) is 37.8 Å². The predicted molar refractivity (Wildman–Crippen MR) is 178 cm³/mol. The van der Waals surface area contributed by atoms with Gasteiger partial charge in [-0.3, -0.25) is 13.9 Å². The number of rotatable bonds is 14. The summed E-state index contributed by atoms with van der Waals surface area (Å²) in [4.78, 5) is 29.5. The molecule has 0 aliphatic heterocycles. The lowest BCUT2D eigenvalue weighted by molar-refractivity contribution is -0.140. The molecule has 4 aromatic carbocycles. The number of hydrogen-bond acceptors (Lipinski definition) is 5. The Bertz CT molecular complexity index is 1710. The molecule has 0 aliphatic carbocycles. The van der Waals surface area contributed by atoms with Gasteiger partial charge in [0.05, 0.1) is 27.2 Å². The SMILES string of the molecule is CCNC(=O)[C@@H](Cc1ccccc1)N(Cc1ccc(Cl)c(Cl)c1)C(=O)CN(c1ccccc1OCC)S(=O)(=O)c1ccccc1. The maximum Gasteiger partial charge on any atom is 0.264 e. The van der Waals surface area contributed by atoms with Crippen LogP contribution < -0.4 is 14.4 Å². The van der Waals surface area contributed by atoms with E-state index in [4.69, 9.17) is 27.9 Å². The average molecular weight is 669 g/mol. The van der Waals surface area contributed by atoms with Gasteiger partial charge in [-0.05, 0) is 61.4 Å². The molecule has 0 heterocycles. The molecule has 0 unspecified atom stereocenters. The van der Waals surface area contributed by atoms with Crippen LogP contribution in [0.2, 0.25) is 10.0 Å². The number of sulfonamides is 1. The van der Waals surface area contributed by atoms with E-state index in [2.05, 4.69) is 5.32 Å². The molecule has 0 saturated heterocycles. The molecule has 236 valence electrons. The number of hydrogen-bond donors (Lipinski definition) is 1. The Kier molecular flexibility index (Phi) is 11.9. The second kappa shape index (κ2) is 15.8. The van der Waals surface area contributed by atoms with Crippen LogP contribution in [0.4, 0.5) is 5.69 Å². The minimum absolute atomic E-state index is 0.00435. The highest BCUT2D eigenvalue weighted by Gasteiger charge is 2.35. The molecular formula is C34H35Cl2N3O5S. The fraction of sp³-hybridized carbons (Fsp3) is 0.235. The minimum Gasteiger partial charge on any atom is -0.492 e. The Hall–Kier alpha value is -4.05. The number of likely N-dealkylation sites (N-methyl/N-ethyl adjacent to an activating group) is 1. The fourth-order valence-corrected chi connectivity index (χ4v) is 6.62. The zero-order chi connectivity index (χ0) is 32.4. The summed E-state index contributed by atoms with van der Waals surface area (Å²) in [5.74, 6) is -0.672. The molecule has 2 amide bonds. The van der Waals surface area contributed by atoms with Crippen molar-refractivity contribution in [3.05, 3.63) is 124 Å². The molecular weight excluding hydrogens is 633 g/mol. The third kappa shape index (κ3) is 8.57. The summed E-state index contributed by atoms with van der Waals surface area (Å²) in [7, 11) is -4.26. The molecule has 0 fully saturated rings. The average Bonchev–Trinajstić information content (AvgIpc) is 3.04. The van der Waals surface area contributed by atoms with Gasteiger partial charge < -0.3 is 15.0 Å². The van der Waals surface area contributed by atoms with E-state index in [1.54, 1.807) is 74.5 Å². The van der Waals surface area contributed by atoms with Crippen LogP contribution in [0.1, 0.15) is 25.0 Å². The smallest absolute Gasteiger partial charge is 0.264 e.